The SMILES string of the molecule is COCCCOc1cc(C(=O)N(C[C@@H]2CNC[C@H]2C[C@H](C)C2CC2)C(C)C)ccc1C. The molecule has 5 heteroatoms. The van der Waals surface area contributed by atoms with Crippen molar-refractivity contribution < 1.29 is 14.3 Å². The van der Waals surface area contributed by atoms with Crippen molar-refractivity contribution >= 4 is 5.91 Å². The molecule has 1 saturated heterocycles. The van der Waals surface area contributed by atoms with E-state index in [0.29, 0.717) is 25.0 Å². The first kappa shape index (κ1) is 24.1. The fourth-order valence-electron chi connectivity index (χ4n) is 4.83. The van der Waals surface area contributed by atoms with Gasteiger partial charge in [0.25, 0.3) is 5.91 Å². The summed E-state index contributed by atoms with van der Waals surface area (Å²) in [6.45, 7) is 12.9. The van der Waals surface area contributed by atoms with E-state index in [1.165, 1.54) is 19.3 Å². The van der Waals surface area contributed by atoms with Crippen LogP contribution in [-0.4, -0.2) is 56.8 Å². The van der Waals surface area contributed by atoms with Crippen LogP contribution in [0.4, 0.5) is 0 Å². The highest BCUT2D eigenvalue weighted by Crippen LogP contribution is 2.41. The number of ether oxygens (including phenoxy) is 2. The van der Waals surface area contributed by atoms with Gasteiger partial charge in [-0.15, -0.1) is 0 Å². The molecule has 0 bridgehead atoms. The maximum atomic E-state index is 13.5. The number of aryl methyl sites for hydroxylation is 1. The maximum Gasteiger partial charge on any atom is 0.254 e. The molecule has 0 radical (unpaired) electrons. The normalized spacial score (nSPS) is 22.0. The van der Waals surface area contributed by atoms with Crippen molar-refractivity contribution in [2.75, 3.05) is 40.0 Å². The van der Waals surface area contributed by atoms with Crippen LogP contribution in [0.3, 0.4) is 0 Å². The van der Waals surface area contributed by atoms with Gasteiger partial charge in [0.05, 0.1) is 6.61 Å². The van der Waals surface area contributed by atoms with Gasteiger partial charge in [-0.2, -0.15) is 0 Å². The molecule has 31 heavy (non-hydrogen) atoms. The number of benzene rings is 1. The van der Waals surface area contributed by atoms with E-state index in [1.54, 1.807) is 7.11 Å². The quantitative estimate of drug-likeness (QED) is 0.495. The van der Waals surface area contributed by atoms with Crippen LogP contribution in [0.15, 0.2) is 18.2 Å². The minimum Gasteiger partial charge on any atom is -0.493 e. The van der Waals surface area contributed by atoms with Crippen LogP contribution in [0.1, 0.15) is 62.4 Å². The van der Waals surface area contributed by atoms with Gasteiger partial charge in [0, 0.05) is 38.3 Å². The highest BCUT2D eigenvalue weighted by molar-refractivity contribution is 5.95. The number of nitrogens with one attached hydrogen (secondary N) is 1. The third-order valence-electron chi connectivity index (χ3n) is 7.08. The zero-order valence-electron chi connectivity index (χ0n) is 20.2. The average molecular weight is 431 g/mol. The lowest BCUT2D eigenvalue weighted by atomic mass is 9.85. The van der Waals surface area contributed by atoms with Crippen molar-refractivity contribution in [2.45, 2.75) is 59.4 Å². The molecule has 1 heterocycles. The molecule has 1 amide bonds. The number of rotatable bonds is 12. The highest BCUT2D eigenvalue weighted by atomic mass is 16.5. The Balaban J connectivity index is 1.65. The first-order valence-corrected chi connectivity index (χ1v) is 12.1. The largest absolute Gasteiger partial charge is 0.493 e. The van der Waals surface area contributed by atoms with Gasteiger partial charge in [0.1, 0.15) is 5.75 Å². The van der Waals surface area contributed by atoms with Gasteiger partial charge >= 0.3 is 0 Å². The van der Waals surface area contributed by atoms with Gasteiger partial charge in [0.15, 0.2) is 0 Å². The van der Waals surface area contributed by atoms with Crippen molar-refractivity contribution in [3.05, 3.63) is 29.3 Å². The second-order valence-corrected chi connectivity index (χ2v) is 9.96. The van der Waals surface area contributed by atoms with Gasteiger partial charge < -0.3 is 19.7 Å². The summed E-state index contributed by atoms with van der Waals surface area (Å²) < 4.78 is 11.0. The Morgan fingerprint density at radius 3 is 2.58 bits per heavy atom. The molecule has 1 aromatic rings. The van der Waals surface area contributed by atoms with Gasteiger partial charge in [-0.25, -0.2) is 0 Å². The maximum absolute atomic E-state index is 13.5. The topological polar surface area (TPSA) is 50.8 Å². The lowest BCUT2D eigenvalue weighted by Crippen LogP contribution is -2.42. The number of carbonyl (C=O) groups excluding carboxylic acids is 1. The van der Waals surface area contributed by atoms with Crippen LogP contribution in [0.2, 0.25) is 0 Å². The van der Waals surface area contributed by atoms with E-state index in [-0.39, 0.29) is 11.9 Å². The molecule has 1 aliphatic heterocycles. The second-order valence-electron chi connectivity index (χ2n) is 9.96. The van der Waals surface area contributed by atoms with Crippen molar-refractivity contribution in [3.63, 3.8) is 0 Å². The first-order chi connectivity index (χ1) is 14.9. The summed E-state index contributed by atoms with van der Waals surface area (Å²) in [6.07, 6.45) is 4.94. The number of carbonyl (C=O) groups is 1. The van der Waals surface area contributed by atoms with Crippen LogP contribution >= 0.6 is 0 Å². The Morgan fingerprint density at radius 2 is 1.90 bits per heavy atom. The standard InChI is InChI=1S/C26H42N2O3/c1-18(2)28(17-24-16-27-15-23(24)13-20(4)21-9-10-21)26(29)22-8-7-19(3)25(14-22)31-12-6-11-30-5/h7-8,14,18,20-21,23-24,27H,6,9-13,15-17H2,1-5H3/t20-,23+,24-/m0/s1. The van der Waals surface area contributed by atoms with Crippen LogP contribution < -0.4 is 10.1 Å². The molecule has 1 aliphatic carbocycles. The summed E-state index contributed by atoms with van der Waals surface area (Å²) in [5.41, 5.74) is 1.77. The van der Waals surface area contributed by atoms with Crippen LogP contribution in [-0.2, 0) is 4.74 Å². The second kappa shape index (κ2) is 11.3. The molecule has 1 N–H and O–H groups in total. The lowest BCUT2D eigenvalue weighted by molar-refractivity contribution is 0.0656. The highest BCUT2D eigenvalue weighted by Gasteiger charge is 2.36. The number of nitrogens with zero attached hydrogens (tertiary/aromatic N) is 1. The van der Waals surface area contributed by atoms with E-state index in [9.17, 15) is 4.79 Å². The van der Waals surface area contributed by atoms with E-state index in [2.05, 4.69) is 31.0 Å². The molecular weight excluding hydrogens is 388 g/mol. The van der Waals surface area contributed by atoms with Crippen LogP contribution in [0, 0.1) is 30.6 Å². The number of amides is 1. The minimum absolute atomic E-state index is 0.109. The third kappa shape index (κ3) is 6.69. The summed E-state index contributed by atoms with van der Waals surface area (Å²) >= 11 is 0. The molecule has 3 atom stereocenters. The Bertz CT molecular complexity index is 717. The van der Waals surface area contributed by atoms with Gasteiger partial charge in [-0.1, -0.05) is 13.0 Å². The van der Waals surface area contributed by atoms with E-state index in [1.807, 2.05) is 25.1 Å². The molecule has 174 valence electrons. The molecule has 0 aromatic heterocycles. The Labute approximate surface area is 188 Å². The van der Waals surface area contributed by atoms with E-state index in [4.69, 9.17) is 9.47 Å². The summed E-state index contributed by atoms with van der Waals surface area (Å²) in [5, 5.41) is 3.59. The fraction of sp³-hybridized carbons (Fsp3) is 0.731. The lowest BCUT2D eigenvalue weighted by Gasteiger charge is -2.32. The summed E-state index contributed by atoms with van der Waals surface area (Å²) in [6, 6.07) is 6.02. The van der Waals surface area contributed by atoms with Gasteiger partial charge in [0.2, 0.25) is 0 Å². The van der Waals surface area contributed by atoms with Crippen molar-refractivity contribution in [2.24, 2.45) is 23.7 Å². The molecule has 1 aromatic carbocycles. The third-order valence-corrected chi connectivity index (χ3v) is 7.08. The van der Waals surface area contributed by atoms with Gasteiger partial charge in [-0.05, 0) is 94.5 Å². The number of hydrogen-bond acceptors (Lipinski definition) is 4. The Morgan fingerprint density at radius 1 is 1.16 bits per heavy atom. The first-order valence-electron chi connectivity index (χ1n) is 12.1. The molecule has 2 fully saturated rings. The molecular formula is C26H42N2O3. The Kier molecular flexibility index (Phi) is 8.79. The Hall–Kier alpha value is -1.59. The summed E-state index contributed by atoms with van der Waals surface area (Å²) in [7, 11) is 1.70. The van der Waals surface area contributed by atoms with Crippen molar-refractivity contribution in [3.8, 4) is 5.75 Å². The predicted octanol–water partition coefficient (Wildman–Crippen LogP) is 4.53. The zero-order valence-corrected chi connectivity index (χ0v) is 20.2. The van der Waals surface area contributed by atoms with E-state index in [0.717, 1.165) is 54.8 Å². The van der Waals surface area contributed by atoms with Crippen molar-refractivity contribution in [1.29, 1.82) is 0 Å². The van der Waals surface area contributed by atoms with Crippen LogP contribution in [0.5, 0.6) is 5.75 Å². The summed E-state index contributed by atoms with van der Waals surface area (Å²) in [4.78, 5) is 15.6. The average Bonchev–Trinajstić information content (AvgIpc) is 3.51. The van der Waals surface area contributed by atoms with E-state index < -0.39 is 0 Å². The zero-order chi connectivity index (χ0) is 22.4. The fourth-order valence-corrected chi connectivity index (χ4v) is 4.83. The minimum atomic E-state index is 0.109. The number of methoxy groups -OCH3 is 1. The summed E-state index contributed by atoms with van der Waals surface area (Å²) in [5.74, 6) is 3.86. The van der Waals surface area contributed by atoms with Gasteiger partial charge in [-0.3, -0.25) is 4.79 Å². The molecule has 0 spiro atoms. The molecule has 2 aliphatic rings. The monoisotopic (exact) mass is 430 g/mol. The predicted molar refractivity (Wildman–Crippen MR) is 126 cm³/mol. The smallest absolute Gasteiger partial charge is 0.254 e. The van der Waals surface area contributed by atoms with Crippen LogP contribution in [0.25, 0.3) is 0 Å². The molecule has 0 unspecified atom stereocenters. The molecule has 5 nitrogen and oxygen atoms in total. The van der Waals surface area contributed by atoms with E-state index >= 15 is 0 Å². The number of hydrogen-bond donors (Lipinski definition) is 1. The molecule has 1 saturated carbocycles. The van der Waals surface area contributed by atoms with Crippen molar-refractivity contribution in [1.82, 2.24) is 10.2 Å². The molecule has 3 rings (SSSR count).